The second-order valence-corrected chi connectivity index (χ2v) is 9.30. The number of nitrogens with zero attached hydrogens (tertiary/aromatic N) is 2. The quantitative estimate of drug-likeness (QED) is 0.846. The zero-order chi connectivity index (χ0) is 16.8. The first-order valence-electron chi connectivity index (χ1n) is 7.02. The molecule has 2 aromatic rings. The van der Waals surface area contributed by atoms with Crippen LogP contribution in [-0.2, 0) is 15.2 Å². The number of hydrogen-bond acceptors (Lipinski definition) is 4. The minimum Gasteiger partial charge on any atom is -0.369 e. The second kappa shape index (κ2) is 5.35. The first-order chi connectivity index (χ1) is 10.7. The SMILES string of the molecule is C=S1(=O)C[C@@](C)(c2ccc(-c3cccc(F)c3)s2)N=C(N)N1C. The van der Waals surface area contributed by atoms with E-state index >= 15 is 0 Å². The van der Waals surface area contributed by atoms with Crippen LogP contribution in [0.25, 0.3) is 10.4 Å². The molecule has 2 heterocycles. The number of rotatable bonds is 2. The molecule has 1 aliphatic rings. The minimum atomic E-state index is -2.50. The zero-order valence-corrected chi connectivity index (χ0v) is 14.6. The molecule has 122 valence electrons. The predicted molar refractivity (Wildman–Crippen MR) is 96.6 cm³/mol. The molecule has 0 saturated carbocycles. The topological polar surface area (TPSA) is 58.7 Å². The third-order valence-electron chi connectivity index (χ3n) is 3.94. The average Bonchev–Trinajstić information content (AvgIpc) is 2.95. The van der Waals surface area contributed by atoms with Crippen molar-refractivity contribution in [3.05, 3.63) is 47.1 Å². The van der Waals surface area contributed by atoms with Crippen LogP contribution in [0.4, 0.5) is 4.39 Å². The number of guanidine groups is 1. The molecular formula is C16H18FN3OS2. The summed E-state index contributed by atoms with van der Waals surface area (Å²) in [4.78, 5) is 6.39. The van der Waals surface area contributed by atoms with Gasteiger partial charge < -0.3 is 5.73 Å². The number of benzene rings is 1. The summed E-state index contributed by atoms with van der Waals surface area (Å²) >= 11 is 1.50. The van der Waals surface area contributed by atoms with Crippen molar-refractivity contribution in [1.82, 2.24) is 4.31 Å². The maximum Gasteiger partial charge on any atom is 0.203 e. The highest BCUT2D eigenvalue weighted by Crippen LogP contribution is 2.39. The molecule has 23 heavy (non-hydrogen) atoms. The van der Waals surface area contributed by atoms with Crippen molar-refractivity contribution in [1.29, 1.82) is 0 Å². The molecule has 0 aliphatic carbocycles. The van der Waals surface area contributed by atoms with E-state index in [0.717, 1.165) is 15.3 Å². The largest absolute Gasteiger partial charge is 0.369 e. The van der Waals surface area contributed by atoms with E-state index in [-0.39, 0.29) is 11.8 Å². The molecule has 7 heteroatoms. The van der Waals surface area contributed by atoms with Crippen molar-refractivity contribution < 1.29 is 8.60 Å². The maximum absolute atomic E-state index is 13.4. The van der Waals surface area contributed by atoms with Gasteiger partial charge in [0.05, 0.1) is 15.5 Å². The van der Waals surface area contributed by atoms with Crippen molar-refractivity contribution in [2.45, 2.75) is 12.5 Å². The Morgan fingerprint density at radius 2 is 2.17 bits per heavy atom. The molecule has 1 aliphatic heterocycles. The van der Waals surface area contributed by atoms with Gasteiger partial charge in [0.15, 0.2) is 0 Å². The second-order valence-electron chi connectivity index (χ2n) is 5.83. The van der Waals surface area contributed by atoms with Crippen molar-refractivity contribution in [3.8, 4) is 10.4 Å². The van der Waals surface area contributed by atoms with Crippen LogP contribution in [0, 0.1) is 5.82 Å². The third-order valence-corrected chi connectivity index (χ3v) is 7.52. The third kappa shape index (κ3) is 2.86. The highest BCUT2D eigenvalue weighted by molar-refractivity contribution is 7.98. The van der Waals surface area contributed by atoms with E-state index in [1.807, 2.05) is 25.1 Å². The normalized spacial score (nSPS) is 27.8. The Balaban J connectivity index is 2.03. The number of thiophene rings is 1. The summed E-state index contributed by atoms with van der Waals surface area (Å²) in [5, 5.41) is 0. The van der Waals surface area contributed by atoms with E-state index in [9.17, 15) is 8.60 Å². The van der Waals surface area contributed by atoms with Gasteiger partial charge in [0.1, 0.15) is 11.4 Å². The molecule has 0 bridgehead atoms. The van der Waals surface area contributed by atoms with Gasteiger partial charge in [-0.25, -0.2) is 13.6 Å². The molecular weight excluding hydrogens is 333 g/mol. The summed E-state index contributed by atoms with van der Waals surface area (Å²) in [6.07, 6.45) is 0. The van der Waals surface area contributed by atoms with Gasteiger partial charge in [0, 0.05) is 16.8 Å². The van der Waals surface area contributed by atoms with Crippen LogP contribution in [-0.4, -0.2) is 33.1 Å². The van der Waals surface area contributed by atoms with Crippen molar-refractivity contribution >= 4 is 32.9 Å². The molecule has 4 nitrogen and oxygen atoms in total. The zero-order valence-electron chi connectivity index (χ0n) is 13.0. The van der Waals surface area contributed by atoms with Crippen LogP contribution >= 0.6 is 11.3 Å². The Kier molecular flexibility index (Phi) is 3.72. The number of aliphatic imine (C=N–C) groups is 1. The van der Waals surface area contributed by atoms with Crippen LogP contribution in [0.1, 0.15) is 11.8 Å². The Bertz CT molecular complexity index is 888. The number of hydrogen-bond donors (Lipinski definition) is 1. The summed E-state index contributed by atoms with van der Waals surface area (Å²) in [6, 6.07) is 10.3. The van der Waals surface area contributed by atoms with Crippen molar-refractivity contribution in [2.24, 2.45) is 10.7 Å². The highest BCUT2D eigenvalue weighted by Gasteiger charge is 2.37. The maximum atomic E-state index is 13.4. The van der Waals surface area contributed by atoms with Crippen molar-refractivity contribution in [2.75, 3.05) is 12.8 Å². The summed E-state index contributed by atoms with van der Waals surface area (Å²) in [6.45, 7) is 1.90. The van der Waals surface area contributed by atoms with E-state index in [2.05, 4.69) is 10.9 Å². The molecule has 0 amide bonds. The van der Waals surface area contributed by atoms with E-state index in [1.165, 1.54) is 27.8 Å². The van der Waals surface area contributed by atoms with Crippen LogP contribution in [0.15, 0.2) is 41.4 Å². The highest BCUT2D eigenvalue weighted by atomic mass is 32.2. The van der Waals surface area contributed by atoms with Gasteiger partial charge in [-0.1, -0.05) is 12.1 Å². The number of halogens is 1. The first kappa shape index (κ1) is 16.0. The Hall–Kier alpha value is -1.86. The van der Waals surface area contributed by atoms with Gasteiger partial charge in [0.2, 0.25) is 5.96 Å². The van der Waals surface area contributed by atoms with Crippen LogP contribution < -0.4 is 5.73 Å². The summed E-state index contributed by atoms with van der Waals surface area (Å²) in [5.41, 5.74) is 6.04. The van der Waals surface area contributed by atoms with Gasteiger partial charge in [0.25, 0.3) is 0 Å². The fourth-order valence-electron chi connectivity index (χ4n) is 2.61. The lowest BCUT2D eigenvalue weighted by molar-refractivity contribution is 0.522. The van der Waals surface area contributed by atoms with Gasteiger partial charge in [-0.2, -0.15) is 0 Å². The summed E-state index contributed by atoms with van der Waals surface area (Å²) in [7, 11) is -0.865. The molecule has 1 aromatic heterocycles. The van der Waals surface area contributed by atoms with Crippen LogP contribution in [0.5, 0.6) is 0 Å². The molecule has 0 fully saturated rings. The van der Waals surface area contributed by atoms with Crippen LogP contribution in [0.3, 0.4) is 0 Å². The molecule has 0 spiro atoms. The molecule has 0 radical (unpaired) electrons. The van der Waals surface area contributed by atoms with E-state index in [4.69, 9.17) is 5.73 Å². The lowest BCUT2D eigenvalue weighted by Gasteiger charge is -2.36. The Morgan fingerprint density at radius 3 is 2.83 bits per heavy atom. The fraction of sp³-hybridized carbons (Fsp3) is 0.250. The molecule has 3 rings (SSSR count). The number of nitrogens with two attached hydrogens (primary N) is 1. The van der Waals surface area contributed by atoms with Crippen LogP contribution in [0.2, 0.25) is 0 Å². The Labute approximate surface area is 139 Å². The summed E-state index contributed by atoms with van der Waals surface area (Å²) < 4.78 is 27.5. The standard InChI is InChI=1S/C16H18FN3OS2/c1-16(10-23(3,21)20(2)15(18)19-16)14-8-7-13(22-14)11-5-4-6-12(17)9-11/h4-9H,3,10H2,1-2H3,(H2,18,19)/t16-,23?/m0/s1. The van der Waals surface area contributed by atoms with E-state index < -0.39 is 15.2 Å². The van der Waals surface area contributed by atoms with Gasteiger partial charge in [-0.3, -0.25) is 4.31 Å². The first-order valence-corrected chi connectivity index (χ1v) is 9.69. The van der Waals surface area contributed by atoms with Crippen molar-refractivity contribution in [3.63, 3.8) is 0 Å². The van der Waals surface area contributed by atoms with E-state index in [1.54, 1.807) is 13.1 Å². The molecule has 0 saturated heterocycles. The van der Waals surface area contributed by atoms with E-state index in [0.29, 0.717) is 5.75 Å². The summed E-state index contributed by atoms with van der Waals surface area (Å²) in [5.74, 6) is 4.05. The molecule has 2 N–H and O–H groups in total. The lowest BCUT2D eigenvalue weighted by atomic mass is 10.0. The smallest absolute Gasteiger partial charge is 0.203 e. The monoisotopic (exact) mass is 351 g/mol. The lowest BCUT2D eigenvalue weighted by Crippen LogP contribution is -2.50. The average molecular weight is 351 g/mol. The predicted octanol–water partition coefficient (Wildman–Crippen LogP) is 2.66. The van der Waals surface area contributed by atoms with Gasteiger partial charge in [-0.05, 0) is 42.6 Å². The van der Waals surface area contributed by atoms with Gasteiger partial charge in [-0.15, -0.1) is 11.3 Å². The van der Waals surface area contributed by atoms with Gasteiger partial charge >= 0.3 is 0 Å². The Morgan fingerprint density at radius 1 is 1.43 bits per heavy atom. The fourth-order valence-corrected chi connectivity index (χ4v) is 5.47. The molecule has 1 aromatic carbocycles. The molecule has 2 atom stereocenters. The minimum absolute atomic E-state index is 0.222. The molecule has 1 unspecified atom stereocenters.